The van der Waals surface area contributed by atoms with Gasteiger partial charge >= 0.3 is 0 Å². The van der Waals surface area contributed by atoms with Crippen LogP contribution in [0.3, 0.4) is 0 Å². The van der Waals surface area contributed by atoms with Crippen LogP contribution < -0.4 is 5.32 Å². The summed E-state index contributed by atoms with van der Waals surface area (Å²) in [5.74, 6) is -0.0920. The van der Waals surface area contributed by atoms with Gasteiger partial charge in [0.1, 0.15) is 5.69 Å². The summed E-state index contributed by atoms with van der Waals surface area (Å²) in [6.07, 6.45) is 0.956. The van der Waals surface area contributed by atoms with E-state index in [9.17, 15) is 4.79 Å². The lowest BCUT2D eigenvalue weighted by Crippen LogP contribution is -2.38. The fourth-order valence-corrected chi connectivity index (χ4v) is 2.09. The van der Waals surface area contributed by atoms with Crippen molar-refractivity contribution in [3.63, 3.8) is 0 Å². The van der Waals surface area contributed by atoms with Gasteiger partial charge in [0.05, 0.1) is 13.2 Å². The minimum Gasteiger partial charge on any atom is -0.379 e. The Balaban J connectivity index is 1.66. The Bertz CT molecular complexity index is 405. The van der Waals surface area contributed by atoms with Gasteiger partial charge in [-0.1, -0.05) is 0 Å². The van der Waals surface area contributed by atoms with E-state index in [1.54, 1.807) is 10.7 Å². The number of hydrogen-bond donors (Lipinski definition) is 1. The Kier molecular flexibility index (Phi) is 4.93. The van der Waals surface area contributed by atoms with Crippen LogP contribution in [0.1, 0.15) is 22.6 Å². The van der Waals surface area contributed by atoms with Crippen LogP contribution in [0.15, 0.2) is 6.07 Å². The second-order valence-corrected chi connectivity index (χ2v) is 4.86. The molecule has 1 N–H and O–H groups in total. The number of hydrogen-bond acceptors (Lipinski definition) is 4. The topological polar surface area (TPSA) is 59.4 Å². The summed E-state index contributed by atoms with van der Waals surface area (Å²) >= 11 is 0. The lowest BCUT2D eigenvalue weighted by molar-refractivity contribution is 0.0374. The fraction of sp³-hybridized carbons (Fsp3) is 0.692. The highest BCUT2D eigenvalue weighted by Crippen LogP contribution is 2.01. The molecule has 19 heavy (non-hydrogen) atoms. The molecule has 0 radical (unpaired) electrons. The highest BCUT2D eigenvalue weighted by atomic mass is 16.5. The van der Waals surface area contributed by atoms with Gasteiger partial charge in [0.2, 0.25) is 0 Å². The Morgan fingerprint density at radius 2 is 2.21 bits per heavy atom. The smallest absolute Gasteiger partial charge is 0.271 e. The number of aryl methyl sites for hydroxylation is 2. The van der Waals surface area contributed by atoms with Crippen LogP contribution in [-0.4, -0.2) is 60.0 Å². The third-order valence-corrected chi connectivity index (χ3v) is 3.39. The molecule has 0 aliphatic carbocycles. The molecule has 1 amide bonds. The van der Waals surface area contributed by atoms with Crippen LogP contribution in [0.5, 0.6) is 0 Å². The molecule has 1 aromatic rings. The van der Waals surface area contributed by atoms with E-state index in [1.807, 2.05) is 14.0 Å². The molecule has 0 aromatic carbocycles. The maximum absolute atomic E-state index is 11.8. The first kappa shape index (κ1) is 14.0. The number of ether oxygens (including phenoxy) is 1. The Morgan fingerprint density at radius 1 is 1.47 bits per heavy atom. The van der Waals surface area contributed by atoms with Gasteiger partial charge in [0.25, 0.3) is 5.91 Å². The van der Waals surface area contributed by atoms with E-state index in [4.69, 9.17) is 4.74 Å². The van der Waals surface area contributed by atoms with E-state index in [1.165, 1.54) is 0 Å². The second-order valence-electron chi connectivity index (χ2n) is 4.86. The molecule has 0 unspecified atom stereocenters. The second kappa shape index (κ2) is 6.68. The van der Waals surface area contributed by atoms with Crippen molar-refractivity contribution in [1.29, 1.82) is 0 Å². The number of morpholine rings is 1. The van der Waals surface area contributed by atoms with Gasteiger partial charge in [-0.2, -0.15) is 5.10 Å². The molecule has 1 saturated heterocycles. The third-order valence-electron chi connectivity index (χ3n) is 3.39. The average Bonchev–Trinajstić information content (AvgIpc) is 2.76. The molecule has 6 nitrogen and oxygen atoms in total. The van der Waals surface area contributed by atoms with Crippen LogP contribution in [0, 0.1) is 6.92 Å². The normalized spacial score (nSPS) is 16.5. The van der Waals surface area contributed by atoms with Crippen molar-refractivity contribution in [3.05, 3.63) is 17.5 Å². The third kappa shape index (κ3) is 4.04. The largest absolute Gasteiger partial charge is 0.379 e. The lowest BCUT2D eigenvalue weighted by Gasteiger charge is -2.26. The van der Waals surface area contributed by atoms with E-state index in [-0.39, 0.29) is 5.91 Å². The van der Waals surface area contributed by atoms with Crippen LogP contribution in [0.4, 0.5) is 0 Å². The first-order chi connectivity index (χ1) is 9.16. The van der Waals surface area contributed by atoms with Crippen molar-refractivity contribution in [2.24, 2.45) is 7.05 Å². The molecule has 1 fully saturated rings. The first-order valence-electron chi connectivity index (χ1n) is 6.76. The van der Waals surface area contributed by atoms with Crippen LogP contribution in [0.2, 0.25) is 0 Å². The minimum atomic E-state index is -0.0920. The van der Waals surface area contributed by atoms with Crippen LogP contribution in [-0.2, 0) is 11.8 Å². The van der Waals surface area contributed by atoms with Gasteiger partial charge in [0, 0.05) is 32.4 Å². The summed E-state index contributed by atoms with van der Waals surface area (Å²) < 4.78 is 7.00. The van der Waals surface area contributed by atoms with Gasteiger partial charge in [-0.25, -0.2) is 0 Å². The molecule has 1 aliphatic heterocycles. The number of carbonyl (C=O) groups excluding carboxylic acids is 1. The van der Waals surface area contributed by atoms with Gasteiger partial charge in [-0.05, 0) is 26.0 Å². The van der Waals surface area contributed by atoms with Crippen molar-refractivity contribution < 1.29 is 9.53 Å². The van der Waals surface area contributed by atoms with Gasteiger partial charge < -0.3 is 10.1 Å². The number of aromatic nitrogens is 2. The molecule has 0 spiro atoms. The number of nitrogens with one attached hydrogen (secondary N) is 1. The lowest BCUT2D eigenvalue weighted by atomic mass is 10.3. The van der Waals surface area contributed by atoms with Gasteiger partial charge in [0.15, 0.2) is 0 Å². The minimum absolute atomic E-state index is 0.0920. The zero-order chi connectivity index (χ0) is 13.7. The number of nitrogens with zero attached hydrogens (tertiary/aromatic N) is 3. The van der Waals surface area contributed by atoms with Gasteiger partial charge in [-0.15, -0.1) is 0 Å². The van der Waals surface area contributed by atoms with E-state index >= 15 is 0 Å². The molecule has 6 heteroatoms. The van der Waals surface area contributed by atoms with Crippen molar-refractivity contribution in [2.75, 3.05) is 39.4 Å². The Hall–Kier alpha value is -1.40. The molecule has 0 bridgehead atoms. The zero-order valence-electron chi connectivity index (χ0n) is 11.7. The maximum atomic E-state index is 11.8. The quantitative estimate of drug-likeness (QED) is 0.772. The molecule has 0 saturated carbocycles. The number of rotatable bonds is 5. The molecular formula is C13H22N4O2. The Labute approximate surface area is 113 Å². The van der Waals surface area contributed by atoms with E-state index in [2.05, 4.69) is 15.3 Å². The summed E-state index contributed by atoms with van der Waals surface area (Å²) in [7, 11) is 1.84. The highest BCUT2D eigenvalue weighted by molar-refractivity contribution is 5.92. The first-order valence-corrected chi connectivity index (χ1v) is 6.76. The van der Waals surface area contributed by atoms with Crippen molar-refractivity contribution in [1.82, 2.24) is 20.0 Å². The van der Waals surface area contributed by atoms with Crippen molar-refractivity contribution >= 4 is 5.91 Å². The summed E-state index contributed by atoms with van der Waals surface area (Å²) in [6.45, 7) is 7.25. The predicted molar refractivity (Wildman–Crippen MR) is 72.2 cm³/mol. The molecule has 1 aromatic heterocycles. The molecular weight excluding hydrogens is 244 g/mol. The van der Waals surface area contributed by atoms with Gasteiger partial charge in [-0.3, -0.25) is 14.4 Å². The van der Waals surface area contributed by atoms with E-state index in [0.717, 1.165) is 45.0 Å². The predicted octanol–water partition coefficient (Wildman–Crippen LogP) is 0.181. The molecule has 106 valence electrons. The van der Waals surface area contributed by atoms with Crippen LogP contribution in [0.25, 0.3) is 0 Å². The van der Waals surface area contributed by atoms with E-state index < -0.39 is 0 Å². The zero-order valence-corrected chi connectivity index (χ0v) is 11.7. The number of amides is 1. The SMILES string of the molecule is Cc1cc(C(=O)NCCCN2CCOCC2)nn1C. The van der Waals surface area contributed by atoms with Crippen molar-refractivity contribution in [3.8, 4) is 0 Å². The summed E-state index contributed by atoms with van der Waals surface area (Å²) in [6, 6.07) is 1.80. The Morgan fingerprint density at radius 3 is 2.84 bits per heavy atom. The fourth-order valence-electron chi connectivity index (χ4n) is 2.09. The van der Waals surface area contributed by atoms with Crippen molar-refractivity contribution in [2.45, 2.75) is 13.3 Å². The highest BCUT2D eigenvalue weighted by Gasteiger charge is 2.12. The monoisotopic (exact) mass is 266 g/mol. The number of carbonyl (C=O) groups is 1. The summed E-state index contributed by atoms with van der Waals surface area (Å²) in [5, 5.41) is 7.06. The summed E-state index contributed by atoms with van der Waals surface area (Å²) in [4.78, 5) is 14.2. The molecule has 1 aliphatic rings. The standard InChI is InChI=1S/C13H22N4O2/c1-11-10-12(15-16(11)2)13(18)14-4-3-5-17-6-8-19-9-7-17/h10H,3-9H2,1-2H3,(H,14,18). The van der Waals surface area contributed by atoms with Crippen LogP contribution >= 0.6 is 0 Å². The average molecular weight is 266 g/mol. The summed E-state index contributed by atoms with van der Waals surface area (Å²) in [5.41, 5.74) is 1.48. The maximum Gasteiger partial charge on any atom is 0.271 e. The molecule has 2 heterocycles. The molecule has 0 atom stereocenters. The molecule has 2 rings (SSSR count). The van der Waals surface area contributed by atoms with E-state index in [0.29, 0.717) is 12.2 Å².